The highest BCUT2D eigenvalue weighted by molar-refractivity contribution is 6.20. The average molecular weight is 481 g/mol. The number of carbonyl (C=O) groups excluding carboxylic acids is 3. The van der Waals surface area contributed by atoms with Crippen LogP contribution in [0.4, 0.5) is 0 Å². The van der Waals surface area contributed by atoms with Gasteiger partial charge in [-0.3, -0.25) is 0 Å². The Balaban J connectivity index is 1.51. The Kier molecular flexibility index (Phi) is 7.57. The largest absolute Gasteiger partial charge is 0.459 e. The van der Waals surface area contributed by atoms with E-state index in [1.165, 1.54) is 0 Å². The van der Waals surface area contributed by atoms with Gasteiger partial charge in [-0.15, -0.1) is 0 Å². The molecule has 1 heterocycles. The van der Waals surface area contributed by atoms with Gasteiger partial charge in [-0.2, -0.15) is 0 Å². The summed E-state index contributed by atoms with van der Waals surface area (Å²) in [6, 6.07) is 25.1. The first-order valence-corrected chi connectivity index (χ1v) is 11.0. The smallest absolute Gasteiger partial charge is 0.338 e. The van der Waals surface area contributed by atoms with Crippen LogP contribution < -0.4 is 0 Å². The molecule has 4 rings (SSSR count). The fourth-order valence-corrected chi connectivity index (χ4v) is 3.75. The molecule has 174 valence electrons. The number of halogens is 1. The van der Waals surface area contributed by atoms with Crippen molar-refractivity contribution in [3.05, 3.63) is 108 Å². The standard InChI is InChI=1S/C26H21ClO7/c27-23-22(34-26(30)19-14-8-3-9-15-19)21(33-25(29)18-12-6-2-7-13-18)20(32-23)16-31-24(28)17-10-4-1-5-11-17/h1-15,20-23H,16H2/t20-,21-,22+,23-/m1/s1. The van der Waals surface area contributed by atoms with Crippen molar-refractivity contribution in [3.8, 4) is 0 Å². The van der Waals surface area contributed by atoms with E-state index in [1.807, 2.05) is 0 Å². The minimum atomic E-state index is -1.12. The number of rotatable bonds is 7. The maximum atomic E-state index is 12.7. The summed E-state index contributed by atoms with van der Waals surface area (Å²) in [6.07, 6.45) is -3.18. The van der Waals surface area contributed by atoms with Gasteiger partial charge in [0.05, 0.1) is 16.7 Å². The third-order valence-electron chi connectivity index (χ3n) is 5.15. The quantitative estimate of drug-likeness (QED) is 0.283. The minimum absolute atomic E-state index is 0.261. The van der Waals surface area contributed by atoms with E-state index in [4.69, 9.17) is 30.5 Å². The molecular weight excluding hydrogens is 460 g/mol. The first-order chi connectivity index (χ1) is 16.5. The molecule has 0 spiro atoms. The number of esters is 3. The van der Waals surface area contributed by atoms with Gasteiger partial charge in [-0.1, -0.05) is 66.2 Å². The van der Waals surface area contributed by atoms with Crippen LogP contribution in [0.5, 0.6) is 0 Å². The summed E-state index contributed by atoms with van der Waals surface area (Å²) in [4.78, 5) is 37.8. The zero-order valence-corrected chi connectivity index (χ0v) is 18.7. The number of hydrogen-bond donors (Lipinski definition) is 0. The summed E-state index contributed by atoms with van der Waals surface area (Å²) in [7, 11) is 0. The molecule has 8 heteroatoms. The maximum Gasteiger partial charge on any atom is 0.338 e. The van der Waals surface area contributed by atoms with Crippen molar-refractivity contribution in [1.82, 2.24) is 0 Å². The van der Waals surface area contributed by atoms with Gasteiger partial charge in [0.2, 0.25) is 0 Å². The Morgan fingerprint density at radius 1 is 0.647 bits per heavy atom. The predicted molar refractivity (Wildman–Crippen MR) is 123 cm³/mol. The highest BCUT2D eigenvalue weighted by Crippen LogP contribution is 2.31. The second-order valence-electron chi connectivity index (χ2n) is 7.46. The Morgan fingerprint density at radius 2 is 1.06 bits per heavy atom. The summed E-state index contributed by atoms with van der Waals surface area (Å²) in [6.45, 7) is -0.261. The van der Waals surface area contributed by atoms with Crippen molar-refractivity contribution in [1.29, 1.82) is 0 Å². The molecule has 0 bridgehead atoms. The second kappa shape index (κ2) is 11.0. The predicted octanol–water partition coefficient (Wildman–Crippen LogP) is 4.26. The zero-order chi connectivity index (χ0) is 23.9. The van der Waals surface area contributed by atoms with Gasteiger partial charge in [0, 0.05) is 0 Å². The van der Waals surface area contributed by atoms with E-state index in [-0.39, 0.29) is 6.61 Å². The molecule has 1 saturated heterocycles. The lowest BCUT2D eigenvalue weighted by Gasteiger charge is -2.23. The Morgan fingerprint density at radius 3 is 1.53 bits per heavy atom. The Hall–Kier alpha value is -3.68. The molecular formula is C26H21ClO7. The SMILES string of the molecule is O=C(OC[C@H]1O[C@@H](Cl)[C@@H](OC(=O)c2ccccc2)[C@@H]1OC(=O)c1ccccc1)c1ccccc1. The second-order valence-corrected chi connectivity index (χ2v) is 7.89. The molecule has 0 saturated carbocycles. The van der Waals surface area contributed by atoms with Gasteiger partial charge in [0.15, 0.2) is 17.8 Å². The molecule has 4 atom stereocenters. The third-order valence-corrected chi connectivity index (χ3v) is 5.50. The lowest BCUT2D eigenvalue weighted by molar-refractivity contribution is -0.0435. The summed E-state index contributed by atoms with van der Waals surface area (Å²) in [5.74, 6) is -1.88. The highest BCUT2D eigenvalue weighted by Gasteiger charge is 2.49. The van der Waals surface area contributed by atoms with Crippen molar-refractivity contribution < 1.29 is 33.3 Å². The van der Waals surface area contributed by atoms with Crippen LogP contribution in [0, 0.1) is 0 Å². The summed E-state index contributed by atoms with van der Waals surface area (Å²) in [5.41, 5.74) is -0.165. The fourth-order valence-electron chi connectivity index (χ4n) is 3.43. The van der Waals surface area contributed by atoms with Crippen molar-refractivity contribution in [3.63, 3.8) is 0 Å². The first-order valence-electron chi connectivity index (χ1n) is 10.6. The summed E-state index contributed by atoms with van der Waals surface area (Å²) < 4.78 is 22.3. The van der Waals surface area contributed by atoms with Crippen LogP contribution in [-0.4, -0.2) is 48.4 Å². The van der Waals surface area contributed by atoms with Crippen LogP contribution in [0.15, 0.2) is 91.0 Å². The van der Waals surface area contributed by atoms with Crippen LogP contribution in [0.1, 0.15) is 31.1 Å². The Bertz CT molecular complexity index is 1120. The maximum absolute atomic E-state index is 12.7. The number of carbonyl (C=O) groups is 3. The van der Waals surface area contributed by atoms with E-state index in [1.54, 1.807) is 91.0 Å². The normalized spacial score (nSPS) is 21.4. The molecule has 0 aromatic heterocycles. The van der Waals surface area contributed by atoms with Crippen LogP contribution in [0.3, 0.4) is 0 Å². The monoisotopic (exact) mass is 480 g/mol. The summed E-state index contributed by atoms with van der Waals surface area (Å²) in [5, 5.41) is 0. The molecule has 0 N–H and O–H groups in total. The summed E-state index contributed by atoms with van der Waals surface area (Å²) >= 11 is 6.33. The van der Waals surface area contributed by atoms with Crippen molar-refractivity contribution >= 4 is 29.5 Å². The molecule has 0 unspecified atom stereocenters. The van der Waals surface area contributed by atoms with Crippen molar-refractivity contribution in [2.24, 2.45) is 0 Å². The van der Waals surface area contributed by atoms with Gasteiger partial charge in [0.25, 0.3) is 0 Å². The first kappa shape index (κ1) is 23.5. The van der Waals surface area contributed by atoms with Crippen molar-refractivity contribution in [2.75, 3.05) is 6.61 Å². The Labute approximate surface area is 201 Å². The number of ether oxygens (including phenoxy) is 4. The molecule has 0 radical (unpaired) electrons. The molecule has 3 aromatic rings. The van der Waals surface area contributed by atoms with Gasteiger partial charge < -0.3 is 18.9 Å². The van der Waals surface area contributed by atoms with Gasteiger partial charge in [0.1, 0.15) is 12.7 Å². The minimum Gasteiger partial charge on any atom is -0.459 e. The molecule has 34 heavy (non-hydrogen) atoms. The lowest BCUT2D eigenvalue weighted by atomic mass is 10.1. The molecule has 3 aromatic carbocycles. The topological polar surface area (TPSA) is 88.1 Å². The molecule has 1 aliphatic rings. The molecule has 0 amide bonds. The van der Waals surface area contributed by atoms with Crippen LogP contribution in [0.2, 0.25) is 0 Å². The fraction of sp³-hybridized carbons (Fsp3) is 0.192. The van der Waals surface area contributed by atoms with E-state index in [0.29, 0.717) is 16.7 Å². The van der Waals surface area contributed by atoms with Crippen LogP contribution in [0.25, 0.3) is 0 Å². The molecule has 0 aliphatic carbocycles. The molecule has 1 aliphatic heterocycles. The van der Waals surface area contributed by atoms with Crippen LogP contribution >= 0.6 is 11.6 Å². The zero-order valence-electron chi connectivity index (χ0n) is 17.9. The van der Waals surface area contributed by atoms with Crippen LogP contribution in [-0.2, 0) is 18.9 Å². The third kappa shape index (κ3) is 5.62. The van der Waals surface area contributed by atoms with Crippen molar-refractivity contribution in [2.45, 2.75) is 23.9 Å². The van der Waals surface area contributed by atoms with E-state index in [2.05, 4.69) is 0 Å². The van der Waals surface area contributed by atoms with Gasteiger partial charge >= 0.3 is 17.9 Å². The number of hydrogen-bond acceptors (Lipinski definition) is 7. The number of alkyl halides is 1. The molecule has 7 nitrogen and oxygen atoms in total. The number of benzene rings is 3. The van der Waals surface area contributed by atoms with Gasteiger partial charge in [-0.05, 0) is 36.4 Å². The average Bonchev–Trinajstić information content (AvgIpc) is 3.17. The lowest BCUT2D eigenvalue weighted by Crippen LogP contribution is -2.41. The van der Waals surface area contributed by atoms with E-state index < -0.39 is 41.8 Å². The molecule has 1 fully saturated rings. The van der Waals surface area contributed by atoms with E-state index in [0.717, 1.165) is 0 Å². The van der Waals surface area contributed by atoms with E-state index in [9.17, 15) is 14.4 Å². The highest BCUT2D eigenvalue weighted by atomic mass is 35.5. The van der Waals surface area contributed by atoms with Gasteiger partial charge in [-0.25, -0.2) is 14.4 Å². The van der Waals surface area contributed by atoms with E-state index >= 15 is 0 Å².